The summed E-state index contributed by atoms with van der Waals surface area (Å²) in [4.78, 5) is 14.3. The molecule has 0 radical (unpaired) electrons. The highest BCUT2D eigenvalue weighted by molar-refractivity contribution is 6.03. The number of hydrogen-bond donors (Lipinski definition) is 1. The second-order valence-electron chi connectivity index (χ2n) is 9.82. The molecule has 1 aliphatic rings. The van der Waals surface area contributed by atoms with E-state index in [1.807, 2.05) is 24.5 Å². The number of fused-ring (bicyclic) bond motifs is 7. The van der Waals surface area contributed by atoms with Gasteiger partial charge >= 0.3 is 0 Å². The molecule has 178 valence electrons. The Morgan fingerprint density at radius 1 is 0.579 bits per heavy atom. The van der Waals surface area contributed by atoms with Gasteiger partial charge in [-0.15, -0.1) is 0 Å². The van der Waals surface area contributed by atoms with Crippen molar-refractivity contribution in [3.63, 3.8) is 0 Å². The first-order valence-corrected chi connectivity index (χ1v) is 12.8. The van der Waals surface area contributed by atoms with Crippen LogP contribution in [0.2, 0.25) is 0 Å². The third-order valence-electron chi connectivity index (χ3n) is 7.53. The van der Waals surface area contributed by atoms with E-state index >= 15 is 0 Å². The van der Waals surface area contributed by atoms with E-state index in [1.165, 1.54) is 21.9 Å². The van der Waals surface area contributed by atoms with Crippen LogP contribution >= 0.6 is 0 Å². The van der Waals surface area contributed by atoms with E-state index in [2.05, 4.69) is 112 Å². The van der Waals surface area contributed by atoms with Gasteiger partial charge in [0.15, 0.2) is 0 Å². The highest BCUT2D eigenvalue weighted by Gasteiger charge is 2.18. The molecule has 7 aromatic rings. The second kappa shape index (κ2) is 8.22. The fraction of sp³-hybridized carbons (Fsp3) is 0.0294. The number of aromatic nitrogens is 3. The predicted octanol–water partition coefficient (Wildman–Crippen LogP) is 8.33. The van der Waals surface area contributed by atoms with Crippen molar-refractivity contribution in [3.8, 4) is 11.3 Å². The van der Waals surface area contributed by atoms with Crippen LogP contribution in [0.3, 0.4) is 0 Å². The van der Waals surface area contributed by atoms with Crippen molar-refractivity contribution in [1.82, 2.24) is 15.0 Å². The Morgan fingerprint density at radius 2 is 1.29 bits per heavy atom. The number of nitrogens with one attached hydrogen (secondary N) is 1. The molecule has 0 fully saturated rings. The summed E-state index contributed by atoms with van der Waals surface area (Å²) in [5.41, 5.74) is 8.39. The third-order valence-corrected chi connectivity index (χ3v) is 7.53. The van der Waals surface area contributed by atoms with Crippen molar-refractivity contribution in [1.29, 1.82) is 0 Å². The van der Waals surface area contributed by atoms with Gasteiger partial charge in [0, 0.05) is 34.1 Å². The summed E-state index contributed by atoms with van der Waals surface area (Å²) in [5, 5.41) is 9.47. The lowest BCUT2D eigenvalue weighted by Crippen LogP contribution is -2.12. The van der Waals surface area contributed by atoms with Gasteiger partial charge in [0.25, 0.3) is 0 Å². The lowest BCUT2D eigenvalue weighted by Gasteiger charge is -2.24. The lowest BCUT2D eigenvalue weighted by atomic mass is 9.95. The van der Waals surface area contributed by atoms with Crippen LogP contribution in [0.1, 0.15) is 17.2 Å². The highest BCUT2D eigenvalue weighted by Crippen LogP contribution is 2.36. The monoisotopic (exact) mass is 486 g/mol. The summed E-state index contributed by atoms with van der Waals surface area (Å²) in [6.07, 6.45) is 8.11. The van der Waals surface area contributed by atoms with Gasteiger partial charge in [-0.25, -0.2) is 4.98 Å². The first kappa shape index (κ1) is 21.0. The smallest absolute Gasteiger partial charge is 0.0972 e. The normalized spacial score (nSPS) is 14.7. The van der Waals surface area contributed by atoms with E-state index in [9.17, 15) is 0 Å². The average Bonchev–Trinajstić information content (AvgIpc) is 3.00. The highest BCUT2D eigenvalue weighted by atomic mass is 14.9. The van der Waals surface area contributed by atoms with Crippen LogP contribution in [0, 0.1) is 0 Å². The molecule has 1 atom stereocenters. The summed E-state index contributed by atoms with van der Waals surface area (Å²) >= 11 is 0. The van der Waals surface area contributed by atoms with Gasteiger partial charge in [-0.1, -0.05) is 78.9 Å². The molecule has 1 N–H and O–H groups in total. The molecule has 1 aliphatic heterocycles. The van der Waals surface area contributed by atoms with Crippen LogP contribution in [0.5, 0.6) is 0 Å². The van der Waals surface area contributed by atoms with Gasteiger partial charge in [-0.3, -0.25) is 9.97 Å². The van der Waals surface area contributed by atoms with Gasteiger partial charge in [0.1, 0.15) is 0 Å². The minimum Gasteiger partial charge on any atom is -0.372 e. The SMILES string of the molecule is C1=CC(c2ccc3ccc(-c4ccc5ccc6cccnc6c5n4)cc3c2)Nc2c1ccc1cccnc21. The van der Waals surface area contributed by atoms with Gasteiger partial charge in [-0.2, -0.15) is 0 Å². The summed E-state index contributed by atoms with van der Waals surface area (Å²) in [5.74, 6) is 0. The zero-order valence-electron chi connectivity index (χ0n) is 20.5. The van der Waals surface area contributed by atoms with Gasteiger partial charge in [-0.05, 0) is 52.2 Å². The van der Waals surface area contributed by atoms with Crippen LogP contribution in [0.15, 0.2) is 116 Å². The Hall–Kier alpha value is -5.09. The van der Waals surface area contributed by atoms with E-state index in [0.717, 1.165) is 49.7 Å². The quantitative estimate of drug-likeness (QED) is 0.250. The van der Waals surface area contributed by atoms with Crippen molar-refractivity contribution in [2.45, 2.75) is 6.04 Å². The fourth-order valence-electron chi connectivity index (χ4n) is 5.55. The second-order valence-corrected chi connectivity index (χ2v) is 9.82. The maximum Gasteiger partial charge on any atom is 0.0972 e. The molecule has 8 rings (SSSR count). The molecule has 0 spiro atoms. The molecule has 4 heteroatoms. The Bertz CT molecular complexity index is 2080. The molecule has 4 aromatic carbocycles. The van der Waals surface area contributed by atoms with Crippen molar-refractivity contribution in [3.05, 3.63) is 127 Å². The molecular weight excluding hydrogens is 464 g/mol. The Labute approximate surface area is 219 Å². The molecule has 3 aromatic heterocycles. The fourth-order valence-corrected chi connectivity index (χ4v) is 5.55. The van der Waals surface area contributed by atoms with Gasteiger partial charge in [0.05, 0.1) is 34.0 Å². The Balaban J connectivity index is 1.20. The molecule has 1 unspecified atom stereocenters. The number of anilines is 1. The molecule has 4 nitrogen and oxygen atoms in total. The van der Waals surface area contributed by atoms with Crippen molar-refractivity contribution in [2.24, 2.45) is 0 Å². The molecule has 0 saturated carbocycles. The Morgan fingerprint density at radius 3 is 2.18 bits per heavy atom. The van der Waals surface area contributed by atoms with E-state index in [4.69, 9.17) is 4.98 Å². The molecule has 0 saturated heterocycles. The summed E-state index contributed by atoms with van der Waals surface area (Å²) < 4.78 is 0. The minimum atomic E-state index is 0.0689. The van der Waals surface area contributed by atoms with E-state index < -0.39 is 0 Å². The van der Waals surface area contributed by atoms with Gasteiger partial charge < -0.3 is 5.32 Å². The van der Waals surface area contributed by atoms with E-state index in [1.54, 1.807) is 0 Å². The number of benzene rings is 4. The first-order valence-electron chi connectivity index (χ1n) is 12.8. The molecule has 0 aliphatic carbocycles. The predicted molar refractivity (Wildman–Crippen MR) is 157 cm³/mol. The van der Waals surface area contributed by atoms with E-state index in [0.29, 0.717) is 0 Å². The third kappa shape index (κ3) is 3.35. The summed E-state index contributed by atoms with van der Waals surface area (Å²) in [6.45, 7) is 0. The maximum absolute atomic E-state index is 5.05. The number of rotatable bonds is 2. The van der Waals surface area contributed by atoms with Crippen LogP contribution in [0.4, 0.5) is 5.69 Å². The lowest BCUT2D eigenvalue weighted by molar-refractivity contribution is 0.984. The molecular formula is C34H22N4. The summed E-state index contributed by atoms with van der Waals surface area (Å²) in [6, 6.07) is 34.2. The number of nitrogens with zero attached hydrogens (tertiary/aromatic N) is 3. The van der Waals surface area contributed by atoms with Crippen molar-refractivity contribution >= 4 is 55.2 Å². The minimum absolute atomic E-state index is 0.0689. The molecule has 0 bridgehead atoms. The van der Waals surface area contributed by atoms with Crippen LogP contribution in [-0.4, -0.2) is 15.0 Å². The van der Waals surface area contributed by atoms with Crippen molar-refractivity contribution in [2.75, 3.05) is 5.32 Å². The number of hydrogen-bond acceptors (Lipinski definition) is 4. The zero-order valence-corrected chi connectivity index (χ0v) is 20.5. The standard InChI is InChI=1S/C34H22N4/c1-3-22-7-9-24-13-15-29(37-33(24)31(22)35-17-1)26-11-5-21-6-12-27(20-28(21)19-26)30-16-14-25-10-8-23-4-2-18-36-32(23)34(25)38-30/h1-20,29,37H. The zero-order chi connectivity index (χ0) is 25.1. The van der Waals surface area contributed by atoms with E-state index in [-0.39, 0.29) is 6.04 Å². The van der Waals surface area contributed by atoms with Crippen LogP contribution in [0.25, 0.3) is 60.8 Å². The van der Waals surface area contributed by atoms with Gasteiger partial charge in [0.2, 0.25) is 0 Å². The maximum atomic E-state index is 5.05. The molecule has 4 heterocycles. The summed E-state index contributed by atoms with van der Waals surface area (Å²) in [7, 11) is 0. The molecule has 0 amide bonds. The van der Waals surface area contributed by atoms with Crippen LogP contribution < -0.4 is 5.32 Å². The average molecular weight is 487 g/mol. The van der Waals surface area contributed by atoms with Crippen LogP contribution in [-0.2, 0) is 0 Å². The Kier molecular flexibility index (Phi) is 4.55. The van der Waals surface area contributed by atoms with Crippen molar-refractivity contribution < 1.29 is 0 Å². The first-order chi connectivity index (χ1) is 18.8. The topological polar surface area (TPSA) is 50.7 Å². The molecule has 38 heavy (non-hydrogen) atoms. The largest absolute Gasteiger partial charge is 0.372 e. The number of pyridine rings is 3.